The average molecular weight is 202 g/mol. The standard InChI is InChI=1S/C6H10O4.C4H8/c1-6(4-5(7)8)9-2-3-10-6;1-3-4-2/h2-4H2,1H3,(H,7,8);3H,1,4H2,2H3. The number of rotatable bonds is 3. The van der Waals surface area contributed by atoms with Crippen LogP contribution in [0, 0.1) is 0 Å². The summed E-state index contributed by atoms with van der Waals surface area (Å²) in [6, 6.07) is 0. The van der Waals surface area contributed by atoms with E-state index < -0.39 is 11.8 Å². The zero-order valence-electron chi connectivity index (χ0n) is 8.78. The summed E-state index contributed by atoms with van der Waals surface area (Å²) in [5.41, 5.74) is 0. The topological polar surface area (TPSA) is 55.8 Å². The first-order chi connectivity index (χ1) is 6.54. The summed E-state index contributed by atoms with van der Waals surface area (Å²) in [6.07, 6.45) is 2.87. The van der Waals surface area contributed by atoms with Crippen LogP contribution in [0.2, 0.25) is 0 Å². The van der Waals surface area contributed by atoms with E-state index in [1.165, 1.54) is 0 Å². The van der Waals surface area contributed by atoms with E-state index in [-0.39, 0.29) is 6.42 Å². The van der Waals surface area contributed by atoms with E-state index in [4.69, 9.17) is 14.6 Å². The molecule has 0 radical (unpaired) electrons. The summed E-state index contributed by atoms with van der Waals surface area (Å²) < 4.78 is 10.1. The van der Waals surface area contributed by atoms with Crippen molar-refractivity contribution in [2.45, 2.75) is 32.5 Å². The minimum atomic E-state index is -0.899. The fraction of sp³-hybridized carbons (Fsp3) is 0.700. The normalized spacial score (nSPS) is 18.1. The van der Waals surface area contributed by atoms with Gasteiger partial charge < -0.3 is 14.6 Å². The Morgan fingerprint density at radius 2 is 2.00 bits per heavy atom. The molecule has 1 heterocycles. The van der Waals surface area contributed by atoms with E-state index in [1.54, 1.807) is 6.92 Å². The molecule has 14 heavy (non-hydrogen) atoms. The first kappa shape index (κ1) is 13.1. The van der Waals surface area contributed by atoms with Gasteiger partial charge in [0.2, 0.25) is 0 Å². The van der Waals surface area contributed by atoms with Crippen LogP contribution in [-0.4, -0.2) is 30.1 Å². The first-order valence-electron chi connectivity index (χ1n) is 4.64. The highest BCUT2D eigenvalue weighted by Gasteiger charge is 2.33. The molecule has 0 unspecified atom stereocenters. The molecule has 0 spiro atoms. The van der Waals surface area contributed by atoms with Crippen LogP contribution < -0.4 is 0 Å². The van der Waals surface area contributed by atoms with E-state index in [0.29, 0.717) is 13.2 Å². The van der Waals surface area contributed by atoms with Crippen LogP contribution in [0.25, 0.3) is 0 Å². The molecule has 1 rings (SSSR count). The minimum Gasteiger partial charge on any atom is -0.481 e. The monoisotopic (exact) mass is 202 g/mol. The smallest absolute Gasteiger partial charge is 0.308 e. The number of carboxylic acids is 1. The van der Waals surface area contributed by atoms with Crippen LogP contribution >= 0.6 is 0 Å². The maximum atomic E-state index is 10.2. The van der Waals surface area contributed by atoms with Gasteiger partial charge >= 0.3 is 5.97 Å². The second-order valence-electron chi connectivity index (χ2n) is 3.10. The van der Waals surface area contributed by atoms with Crippen LogP contribution in [0.5, 0.6) is 0 Å². The van der Waals surface area contributed by atoms with Gasteiger partial charge in [-0.1, -0.05) is 13.0 Å². The SMILES string of the molecule is C=CCC.CC1(CC(=O)O)OCCO1. The quantitative estimate of drug-likeness (QED) is 0.709. The number of carboxylic acid groups (broad SMARTS) is 1. The summed E-state index contributed by atoms with van der Waals surface area (Å²) in [4.78, 5) is 10.2. The second-order valence-corrected chi connectivity index (χ2v) is 3.10. The third kappa shape index (κ3) is 5.72. The van der Waals surface area contributed by atoms with Crippen molar-refractivity contribution in [1.29, 1.82) is 0 Å². The van der Waals surface area contributed by atoms with Gasteiger partial charge in [0.1, 0.15) is 0 Å². The zero-order valence-corrected chi connectivity index (χ0v) is 8.78. The van der Waals surface area contributed by atoms with E-state index in [0.717, 1.165) is 6.42 Å². The lowest BCUT2D eigenvalue weighted by atomic mass is 10.2. The van der Waals surface area contributed by atoms with Crippen molar-refractivity contribution in [3.05, 3.63) is 12.7 Å². The highest BCUT2D eigenvalue weighted by Crippen LogP contribution is 2.21. The lowest BCUT2D eigenvalue weighted by Gasteiger charge is -2.18. The van der Waals surface area contributed by atoms with Gasteiger partial charge in [-0.15, -0.1) is 6.58 Å². The minimum absolute atomic E-state index is 0.0903. The molecule has 0 bridgehead atoms. The van der Waals surface area contributed by atoms with Crippen molar-refractivity contribution < 1.29 is 19.4 Å². The molecule has 0 aromatic heterocycles. The Kier molecular flexibility index (Phi) is 6.16. The molecule has 0 saturated carbocycles. The molecular formula is C10H18O4. The zero-order chi connectivity index (χ0) is 11.0. The van der Waals surface area contributed by atoms with Gasteiger partial charge in [-0.05, 0) is 13.3 Å². The Bertz CT molecular complexity index is 183. The Hall–Kier alpha value is -0.870. The molecule has 0 aromatic rings. The maximum Gasteiger partial charge on any atom is 0.308 e. The molecule has 1 saturated heterocycles. The summed E-state index contributed by atoms with van der Waals surface area (Å²) in [5.74, 6) is -1.78. The summed E-state index contributed by atoms with van der Waals surface area (Å²) in [7, 11) is 0. The number of allylic oxidation sites excluding steroid dienone is 1. The fourth-order valence-corrected chi connectivity index (χ4v) is 0.934. The lowest BCUT2D eigenvalue weighted by molar-refractivity contribution is -0.170. The summed E-state index contributed by atoms with van der Waals surface area (Å²) >= 11 is 0. The molecule has 0 amide bonds. The van der Waals surface area contributed by atoms with E-state index >= 15 is 0 Å². The van der Waals surface area contributed by atoms with Gasteiger partial charge in [0, 0.05) is 0 Å². The summed E-state index contributed by atoms with van der Waals surface area (Å²) in [6.45, 7) is 8.15. The lowest BCUT2D eigenvalue weighted by Crippen LogP contribution is -2.28. The number of hydrogen-bond acceptors (Lipinski definition) is 3. The van der Waals surface area contributed by atoms with Crippen molar-refractivity contribution in [1.82, 2.24) is 0 Å². The van der Waals surface area contributed by atoms with E-state index in [9.17, 15) is 4.79 Å². The Morgan fingerprint density at radius 3 is 2.29 bits per heavy atom. The van der Waals surface area contributed by atoms with Crippen molar-refractivity contribution in [3.8, 4) is 0 Å². The molecular weight excluding hydrogens is 184 g/mol. The van der Waals surface area contributed by atoms with Gasteiger partial charge in [-0.2, -0.15) is 0 Å². The van der Waals surface area contributed by atoms with Crippen molar-refractivity contribution >= 4 is 5.97 Å². The van der Waals surface area contributed by atoms with Gasteiger partial charge in [-0.25, -0.2) is 0 Å². The average Bonchev–Trinajstić information content (AvgIpc) is 2.51. The van der Waals surface area contributed by atoms with Crippen LogP contribution in [0.1, 0.15) is 26.7 Å². The van der Waals surface area contributed by atoms with Gasteiger partial charge in [0.25, 0.3) is 0 Å². The molecule has 4 heteroatoms. The first-order valence-corrected chi connectivity index (χ1v) is 4.64. The molecule has 0 atom stereocenters. The molecule has 1 aliphatic rings. The number of hydrogen-bond donors (Lipinski definition) is 1. The summed E-state index contributed by atoms with van der Waals surface area (Å²) in [5, 5.41) is 8.38. The molecule has 1 N–H and O–H groups in total. The third-order valence-corrected chi connectivity index (χ3v) is 1.66. The second kappa shape index (κ2) is 6.56. The van der Waals surface area contributed by atoms with Crippen LogP contribution in [0.4, 0.5) is 0 Å². The van der Waals surface area contributed by atoms with Crippen LogP contribution in [0.15, 0.2) is 12.7 Å². The predicted molar refractivity (Wildman–Crippen MR) is 53.0 cm³/mol. The third-order valence-electron chi connectivity index (χ3n) is 1.66. The highest BCUT2D eigenvalue weighted by atomic mass is 16.7. The number of ether oxygens (including phenoxy) is 2. The molecule has 0 aromatic carbocycles. The van der Waals surface area contributed by atoms with E-state index in [1.807, 2.05) is 6.08 Å². The Morgan fingerprint density at radius 1 is 1.57 bits per heavy atom. The fourth-order valence-electron chi connectivity index (χ4n) is 0.934. The Labute approximate surface area is 84.5 Å². The maximum absolute atomic E-state index is 10.2. The van der Waals surface area contributed by atoms with Crippen LogP contribution in [0.3, 0.4) is 0 Å². The van der Waals surface area contributed by atoms with Gasteiger partial charge in [0.05, 0.1) is 19.6 Å². The van der Waals surface area contributed by atoms with Gasteiger partial charge in [0.15, 0.2) is 5.79 Å². The van der Waals surface area contributed by atoms with Crippen LogP contribution in [-0.2, 0) is 14.3 Å². The van der Waals surface area contributed by atoms with Crippen molar-refractivity contribution in [3.63, 3.8) is 0 Å². The molecule has 0 aliphatic carbocycles. The predicted octanol–water partition coefficient (Wildman–Crippen LogP) is 1.81. The molecule has 4 nitrogen and oxygen atoms in total. The van der Waals surface area contributed by atoms with Gasteiger partial charge in [-0.3, -0.25) is 4.79 Å². The van der Waals surface area contributed by atoms with Crippen molar-refractivity contribution in [2.75, 3.05) is 13.2 Å². The molecule has 1 aliphatic heterocycles. The Balaban J connectivity index is 0.000000364. The largest absolute Gasteiger partial charge is 0.481 e. The van der Waals surface area contributed by atoms with Crippen molar-refractivity contribution in [2.24, 2.45) is 0 Å². The molecule has 82 valence electrons. The van der Waals surface area contributed by atoms with E-state index in [2.05, 4.69) is 13.5 Å². The number of carbonyl (C=O) groups is 1. The number of aliphatic carboxylic acids is 1. The highest BCUT2D eigenvalue weighted by molar-refractivity contribution is 5.67. The molecule has 1 fully saturated rings.